The predicted octanol–water partition coefficient (Wildman–Crippen LogP) is 5.27. The molecule has 31 heavy (non-hydrogen) atoms. The van der Waals surface area contributed by atoms with Gasteiger partial charge < -0.3 is 4.90 Å². The molecule has 0 unspecified atom stereocenters. The molecule has 3 rings (SSSR count). The van der Waals surface area contributed by atoms with Crippen LogP contribution in [-0.4, -0.2) is 27.9 Å². The monoisotopic (exact) mass is 436 g/mol. The smallest absolute Gasteiger partial charge is 0.264 e. The lowest BCUT2D eigenvalue weighted by Crippen LogP contribution is -2.32. The van der Waals surface area contributed by atoms with Crippen molar-refractivity contribution in [3.63, 3.8) is 0 Å². The number of benzene rings is 3. The van der Waals surface area contributed by atoms with Gasteiger partial charge in [-0.3, -0.25) is 9.10 Å². The van der Waals surface area contributed by atoms with Crippen molar-refractivity contribution in [3.8, 4) is 0 Å². The second kappa shape index (κ2) is 9.79. The number of amides is 1. The molecule has 162 valence electrons. The van der Waals surface area contributed by atoms with Crippen molar-refractivity contribution >= 4 is 27.3 Å². The molecule has 0 aromatic heterocycles. The minimum Gasteiger partial charge on any atom is -0.308 e. The Balaban J connectivity index is 1.84. The fourth-order valence-corrected chi connectivity index (χ4v) is 4.44. The third kappa shape index (κ3) is 5.14. The largest absolute Gasteiger partial charge is 0.308 e. The van der Waals surface area contributed by atoms with Crippen molar-refractivity contribution < 1.29 is 13.2 Å². The SMILES string of the molecule is CCCCN(C(=O)c1ccc(N(C)S(=O)(=O)c2ccc(C)cc2)cc1)c1ccccc1. The standard InChI is InChI=1S/C25H28N2O3S/c1-4-5-19-27(23-9-7-6-8-10-23)25(28)21-13-15-22(16-14-21)26(3)31(29,30)24-17-11-20(2)12-18-24/h6-18H,4-5,19H2,1-3H3. The van der Waals surface area contributed by atoms with E-state index in [1.807, 2.05) is 37.3 Å². The van der Waals surface area contributed by atoms with Crippen LogP contribution >= 0.6 is 0 Å². The number of hydrogen-bond acceptors (Lipinski definition) is 3. The maximum absolute atomic E-state index is 13.2. The average molecular weight is 437 g/mol. The second-order valence-electron chi connectivity index (χ2n) is 7.48. The van der Waals surface area contributed by atoms with Gasteiger partial charge in [-0.25, -0.2) is 8.42 Å². The van der Waals surface area contributed by atoms with Crippen LogP contribution < -0.4 is 9.21 Å². The molecule has 0 aliphatic heterocycles. The van der Waals surface area contributed by atoms with E-state index in [4.69, 9.17) is 0 Å². The minimum absolute atomic E-state index is 0.102. The topological polar surface area (TPSA) is 57.7 Å². The number of carbonyl (C=O) groups is 1. The normalized spacial score (nSPS) is 11.2. The van der Waals surface area contributed by atoms with Crippen molar-refractivity contribution in [2.24, 2.45) is 0 Å². The Morgan fingerprint density at radius 2 is 1.45 bits per heavy atom. The maximum Gasteiger partial charge on any atom is 0.264 e. The summed E-state index contributed by atoms with van der Waals surface area (Å²) < 4.78 is 27.1. The van der Waals surface area contributed by atoms with Crippen LogP contribution in [-0.2, 0) is 10.0 Å². The Hall–Kier alpha value is -3.12. The molecule has 0 radical (unpaired) electrons. The molecule has 0 aliphatic carbocycles. The third-order valence-electron chi connectivity index (χ3n) is 5.21. The molecule has 0 bridgehead atoms. The number of unbranched alkanes of at least 4 members (excludes halogenated alkanes) is 1. The number of sulfonamides is 1. The molecule has 0 heterocycles. The molecule has 6 heteroatoms. The molecule has 0 saturated heterocycles. The fraction of sp³-hybridized carbons (Fsp3) is 0.240. The van der Waals surface area contributed by atoms with E-state index in [2.05, 4.69) is 6.92 Å². The lowest BCUT2D eigenvalue weighted by atomic mass is 10.1. The molecule has 5 nitrogen and oxygen atoms in total. The third-order valence-corrected chi connectivity index (χ3v) is 7.01. The van der Waals surface area contributed by atoms with Crippen LogP contribution in [0.1, 0.15) is 35.7 Å². The first kappa shape index (κ1) is 22.6. The Morgan fingerprint density at radius 3 is 2.03 bits per heavy atom. The van der Waals surface area contributed by atoms with Gasteiger partial charge in [-0.1, -0.05) is 49.2 Å². The number of nitrogens with zero attached hydrogens (tertiary/aromatic N) is 2. The fourth-order valence-electron chi connectivity index (χ4n) is 3.25. The van der Waals surface area contributed by atoms with E-state index >= 15 is 0 Å². The second-order valence-corrected chi connectivity index (χ2v) is 9.45. The minimum atomic E-state index is -3.68. The molecule has 0 atom stereocenters. The highest BCUT2D eigenvalue weighted by Gasteiger charge is 2.22. The zero-order chi connectivity index (χ0) is 22.4. The summed E-state index contributed by atoms with van der Waals surface area (Å²) in [5.41, 5.74) is 2.86. The summed E-state index contributed by atoms with van der Waals surface area (Å²) in [6.45, 7) is 4.63. The van der Waals surface area contributed by atoms with Gasteiger partial charge in [-0.2, -0.15) is 0 Å². The molecule has 0 N–H and O–H groups in total. The maximum atomic E-state index is 13.2. The Kier molecular flexibility index (Phi) is 7.13. The Bertz CT molecular complexity index is 1110. The van der Waals surface area contributed by atoms with Crippen molar-refractivity contribution in [1.29, 1.82) is 0 Å². The molecular formula is C25H28N2O3S. The van der Waals surface area contributed by atoms with Crippen molar-refractivity contribution in [2.45, 2.75) is 31.6 Å². The predicted molar refractivity (Wildman–Crippen MR) is 126 cm³/mol. The summed E-state index contributed by atoms with van der Waals surface area (Å²) in [5.74, 6) is -0.102. The first-order valence-corrected chi connectivity index (χ1v) is 11.8. The van der Waals surface area contributed by atoms with Gasteiger partial charge in [0.15, 0.2) is 0 Å². The Morgan fingerprint density at radius 1 is 0.839 bits per heavy atom. The van der Waals surface area contributed by atoms with Crippen LogP contribution in [0.2, 0.25) is 0 Å². The van der Waals surface area contributed by atoms with Crippen LogP contribution in [0.3, 0.4) is 0 Å². The van der Waals surface area contributed by atoms with Gasteiger partial charge in [0.05, 0.1) is 10.6 Å². The van der Waals surface area contributed by atoms with Crippen LogP contribution in [0.4, 0.5) is 11.4 Å². The molecule has 0 fully saturated rings. The van der Waals surface area contributed by atoms with Crippen molar-refractivity contribution in [3.05, 3.63) is 90.0 Å². The van der Waals surface area contributed by atoms with Crippen LogP contribution in [0.25, 0.3) is 0 Å². The van der Waals surface area contributed by atoms with Crippen LogP contribution in [0.5, 0.6) is 0 Å². The number of rotatable bonds is 8. The molecule has 3 aromatic carbocycles. The number of carbonyl (C=O) groups excluding carboxylic acids is 1. The quantitative estimate of drug-likeness (QED) is 0.483. The van der Waals surface area contributed by atoms with E-state index in [-0.39, 0.29) is 10.8 Å². The summed E-state index contributed by atoms with van der Waals surface area (Å²) in [7, 11) is -2.16. The number of hydrogen-bond donors (Lipinski definition) is 0. The highest BCUT2D eigenvalue weighted by atomic mass is 32.2. The lowest BCUT2D eigenvalue weighted by molar-refractivity contribution is 0.0986. The molecule has 0 saturated carbocycles. The first-order valence-electron chi connectivity index (χ1n) is 10.4. The molecule has 3 aromatic rings. The number of anilines is 2. The van der Waals surface area contributed by atoms with E-state index in [0.717, 1.165) is 24.1 Å². The summed E-state index contributed by atoms with van der Waals surface area (Å²) >= 11 is 0. The van der Waals surface area contributed by atoms with Gasteiger partial charge in [0.2, 0.25) is 0 Å². The molecule has 0 spiro atoms. The first-order chi connectivity index (χ1) is 14.8. The van der Waals surface area contributed by atoms with Crippen molar-refractivity contribution in [1.82, 2.24) is 0 Å². The van der Waals surface area contributed by atoms with Gasteiger partial charge in [0.1, 0.15) is 0 Å². The van der Waals surface area contributed by atoms with E-state index in [0.29, 0.717) is 17.8 Å². The molecule has 1 amide bonds. The Labute approximate surface area is 185 Å². The van der Waals surface area contributed by atoms with Gasteiger partial charge >= 0.3 is 0 Å². The van der Waals surface area contributed by atoms with E-state index in [1.54, 1.807) is 53.4 Å². The van der Waals surface area contributed by atoms with E-state index < -0.39 is 10.0 Å². The van der Waals surface area contributed by atoms with E-state index in [9.17, 15) is 13.2 Å². The zero-order valence-electron chi connectivity index (χ0n) is 18.2. The number of para-hydroxylation sites is 1. The lowest BCUT2D eigenvalue weighted by Gasteiger charge is -2.24. The van der Waals surface area contributed by atoms with E-state index in [1.165, 1.54) is 11.4 Å². The number of aryl methyl sites for hydroxylation is 1. The summed E-state index contributed by atoms with van der Waals surface area (Å²) in [6, 6.07) is 23.0. The highest BCUT2D eigenvalue weighted by Crippen LogP contribution is 2.24. The summed E-state index contributed by atoms with van der Waals surface area (Å²) in [4.78, 5) is 15.2. The van der Waals surface area contributed by atoms with Gasteiger partial charge in [-0.15, -0.1) is 0 Å². The van der Waals surface area contributed by atoms with Crippen LogP contribution in [0.15, 0.2) is 83.8 Å². The summed E-state index contributed by atoms with van der Waals surface area (Å²) in [5, 5.41) is 0. The zero-order valence-corrected chi connectivity index (χ0v) is 19.0. The average Bonchev–Trinajstić information content (AvgIpc) is 2.80. The van der Waals surface area contributed by atoms with Gasteiger partial charge in [0.25, 0.3) is 15.9 Å². The molecular weight excluding hydrogens is 408 g/mol. The van der Waals surface area contributed by atoms with Crippen molar-refractivity contribution in [2.75, 3.05) is 22.8 Å². The van der Waals surface area contributed by atoms with Crippen LogP contribution in [0, 0.1) is 6.92 Å². The molecule has 0 aliphatic rings. The summed E-state index contributed by atoms with van der Waals surface area (Å²) in [6.07, 6.45) is 1.88. The van der Waals surface area contributed by atoms with Gasteiger partial charge in [0, 0.05) is 24.8 Å². The van der Waals surface area contributed by atoms with Gasteiger partial charge in [-0.05, 0) is 61.9 Å². The highest BCUT2D eigenvalue weighted by molar-refractivity contribution is 7.92.